The van der Waals surface area contributed by atoms with E-state index in [2.05, 4.69) is 10.4 Å². The molecule has 7 nitrogen and oxygen atoms in total. The van der Waals surface area contributed by atoms with E-state index in [4.69, 9.17) is 4.74 Å². The minimum absolute atomic E-state index is 0.189. The van der Waals surface area contributed by atoms with Crippen LogP contribution in [-0.4, -0.2) is 38.7 Å². The number of aromatic nitrogens is 2. The molecule has 0 bridgehead atoms. The van der Waals surface area contributed by atoms with Crippen LogP contribution in [-0.2, 0) is 17.9 Å². The van der Waals surface area contributed by atoms with E-state index in [-0.39, 0.29) is 19.6 Å². The van der Waals surface area contributed by atoms with Gasteiger partial charge in [-0.2, -0.15) is 5.10 Å². The number of carbonyl (C=O) groups is 1. The largest absolute Gasteiger partial charge is 0.445 e. The number of alkyl carbamates (subject to hydrolysis) is 1. The highest BCUT2D eigenvalue weighted by Gasteiger charge is 2.20. The van der Waals surface area contributed by atoms with Crippen LogP contribution >= 0.6 is 0 Å². The van der Waals surface area contributed by atoms with Crippen molar-refractivity contribution in [3.63, 3.8) is 0 Å². The molecule has 1 aromatic heterocycles. The van der Waals surface area contributed by atoms with E-state index in [1.807, 2.05) is 37.3 Å². The fourth-order valence-electron chi connectivity index (χ4n) is 2.18. The average molecular weight is 333 g/mol. The first-order chi connectivity index (χ1) is 11.6. The van der Waals surface area contributed by atoms with E-state index in [9.17, 15) is 15.0 Å². The third-order valence-electron chi connectivity index (χ3n) is 3.61. The molecule has 130 valence electrons. The van der Waals surface area contributed by atoms with Crippen molar-refractivity contribution in [2.75, 3.05) is 6.54 Å². The van der Waals surface area contributed by atoms with Crippen LogP contribution in [0.4, 0.5) is 4.79 Å². The van der Waals surface area contributed by atoms with Gasteiger partial charge in [-0.15, -0.1) is 0 Å². The second-order valence-electron chi connectivity index (χ2n) is 5.42. The van der Waals surface area contributed by atoms with Gasteiger partial charge in [-0.1, -0.05) is 30.3 Å². The summed E-state index contributed by atoms with van der Waals surface area (Å²) < 4.78 is 6.74. The topological polar surface area (TPSA) is 96.6 Å². The molecule has 0 aliphatic rings. The number of carbonyl (C=O) groups excluding carboxylic acids is 1. The maximum absolute atomic E-state index is 11.6. The third-order valence-corrected chi connectivity index (χ3v) is 3.61. The molecule has 2 atom stereocenters. The van der Waals surface area contributed by atoms with E-state index in [1.54, 1.807) is 10.9 Å². The normalized spacial score (nSPS) is 13.3. The van der Waals surface area contributed by atoms with Gasteiger partial charge in [0.25, 0.3) is 0 Å². The number of hydrogen-bond donors (Lipinski definition) is 3. The molecule has 0 fully saturated rings. The van der Waals surface area contributed by atoms with Crippen LogP contribution in [0.1, 0.15) is 30.6 Å². The number of rotatable bonds is 8. The Kier molecular flexibility index (Phi) is 6.77. The lowest BCUT2D eigenvalue weighted by atomic mass is 10.1. The van der Waals surface area contributed by atoms with E-state index < -0.39 is 18.3 Å². The van der Waals surface area contributed by atoms with Crippen LogP contribution in [0, 0.1) is 0 Å². The molecule has 0 radical (unpaired) electrons. The molecule has 1 heterocycles. The van der Waals surface area contributed by atoms with Gasteiger partial charge < -0.3 is 20.3 Å². The van der Waals surface area contributed by atoms with Crippen molar-refractivity contribution in [2.24, 2.45) is 0 Å². The highest BCUT2D eigenvalue weighted by Crippen LogP contribution is 2.17. The molecule has 24 heavy (non-hydrogen) atoms. The number of ether oxygens (including phenoxy) is 1. The second kappa shape index (κ2) is 9.05. The van der Waals surface area contributed by atoms with E-state index in [1.165, 1.54) is 6.20 Å². The Bertz CT molecular complexity index is 630. The van der Waals surface area contributed by atoms with Crippen LogP contribution < -0.4 is 5.32 Å². The molecular weight excluding hydrogens is 310 g/mol. The Hall–Kier alpha value is -2.38. The summed E-state index contributed by atoms with van der Waals surface area (Å²) in [5, 5.41) is 26.7. The van der Waals surface area contributed by atoms with Crippen molar-refractivity contribution in [3.05, 3.63) is 53.9 Å². The molecule has 2 unspecified atom stereocenters. The summed E-state index contributed by atoms with van der Waals surface area (Å²) in [6, 6.07) is 9.36. The van der Waals surface area contributed by atoms with Gasteiger partial charge in [-0.3, -0.25) is 4.68 Å². The maximum Gasteiger partial charge on any atom is 0.407 e. The van der Waals surface area contributed by atoms with Crippen molar-refractivity contribution in [3.8, 4) is 0 Å². The lowest BCUT2D eigenvalue weighted by Crippen LogP contribution is -2.29. The quantitative estimate of drug-likeness (QED) is 0.682. The fraction of sp³-hybridized carbons (Fsp3) is 0.412. The van der Waals surface area contributed by atoms with Crippen molar-refractivity contribution in [2.45, 2.75) is 38.7 Å². The molecule has 0 saturated heterocycles. The van der Waals surface area contributed by atoms with Crippen LogP contribution in [0.5, 0.6) is 0 Å². The summed E-state index contributed by atoms with van der Waals surface area (Å²) in [6.07, 6.45) is 0.841. The van der Waals surface area contributed by atoms with E-state index >= 15 is 0 Å². The van der Waals surface area contributed by atoms with Gasteiger partial charge in [-0.05, 0) is 18.9 Å². The number of aliphatic hydroxyl groups excluding tert-OH is 2. The lowest BCUT2D eigenvalue weighted by molar-refractivity contribution is 0.0136. The molecule has 2 rings (SSSR count). The second-order valence-corrected chi connectivity index (χ2v) is 5.42. The monoisotopic (exact) mass is 333 g/mol. The van der Waals surface area contributed by atoms with Crippen LogP contribution in [0.25, 0.3) is 0 Å². The molecule has 0 spiro atoms. The molecule has 0 aliphatic heterocycles. The molecule has 3 N–H and O–H groups in total. The summed E-state index contributed by atoms with van der Waals surface area (Å²) in [7, 11) is 0. The van der Waals surface area contributed by atoms with Gasteiger partial charge in [0.1, 0.15) is 12.7 Å². The maximum atomic E-state index is 11.6. The number of aliphatic hydroxyl groups is 2. The molecule has 0 aliphatic carbocycles. The van der Waals surface area contributed by atoms with Crippen LogP contribution in [0.2, 0.25) is 0 Å². The summed E-state index contributed by atoms with van der Waals surface area (Å²) in [6.45, 7) is 3.02. The van der Waals surface area contributed by atoms with Gasteiger partial charge in [0.15, 0.2) is 0 Å². The first-order valence-electron chi connectivity index (χ1n) is 7.93. The Morgan fingerprint density at radius 3 is 2.75 bits per heavy atom. The number of amides is 1. The summed E-state index contributed by atoms with van der Waals surface area (Å²) in [5.74, 6) is 0. The smallest absolute Gasteiger partial charge is 0.407 e. The third kappa shape index (κ3) is 5.36. The van der Waals surface area contributed by atoms with Gasteiger partial charge in [-0.25, -0.2) is 4.79 Å². The fourth-order valence-corrected chi connectivity index (χ4v) is 2.18. The zero-order valence-corrected chi connectivity index (χ0v) is 13.6. The Balaban J connectivity index is 1.67. The SMILES string of the molecule is CCn1cc(C(O)C(O)CCNC(=O)OCc2ccccc2)cn1. The molecule has 0 saturated carbocycles. The minimum atomic E-state index is -1.03. The van der Waals surface area contributed by atoms with Crippen molar-refractivity contribution < 1.29 is 19.7 Å². The first kappa shape index (κ1) is 18.0. The highest BCUT2D eigenvalue weighted by atomic mass is 16.5. The Morgan fingerprint density at radius 1 is 1.33 bits per heavy atom. The van der Waals surface area contributed by atoms with Crippen LogP contribution in [0.3, 0.4) is 0 Å². The van der Waals surface area contributed by atoms with Gasteiger partial charge in [0.2, 0.25) is 0 Å². The van der Waals surface area contributed by atoms with Crippen molar-refractivity contribution in [1.29, 1.82) is 0 Å². The standard InChI is InChI=1S/C17H23N3O4/c1-2-20-11-14(10-19-20)16(22)15(21)8-9-18-17(23)24-12-13-6-4-3-5-7-13/h3-7,10-11,15-16,21-22H,2,8-9,12H2,1H3,(H,18,23). The number of aryl methyl sites for hydroxylation is 1. The van der Waals surface area contributed by atoms with Gasteiger partial charge in [0, 0.05) is 24.8 Å². The average Bonchev–Trinajstić information content (AvgIpc) is 3.09. The summed E-state index contributed by atoms with van der Waals surface area (Å²) >= 11 is 0. The van der Waals surface area contributed by atoms with E-state index in [0.717, 1.165) is 5.56 Å². The molecule has 7 heteroatoms. The summed E-state index contributed by atoms with van der Waals surface area (Å²) in [4.78, 5) is 11.6. The lowest BCUT2D eigenvalue weighted by Gasteiger charge is -2.16. The zero-order valence-electron chi connectivity index (χ0n) is 13.6. The number of benzene rings is 1. The van der Waals surface area contributed by atoms with Crippen molar-refractivity contribution >= 4 is 6.09 Å². The molecular formula is C17H23N3O4. The predicted molar refractivity (Wildman–Crippen MR) is 88.1 cm³/mol. The Labute approximate surface area is 140 Å². The van der Waals surface area contributed by atoms with Crippen LogP contribution in [0.15, 0.2) is 42.7 Å². The summed E-state index contributed by atoms with van der Waals surface area (Å²) in [5.41, 5.74) is 1.45. The predicted octanol–water partition coefficient (Wildman–Crippen LogP) is 1.61. The first-order valence-corrected chi connectivity index (χ1v) is 7.93. The molecule has 2 aromatic rings. The number of hydrogen-bond acceptors (Lipinski definition) is 5. The van der Waals surface area contributed by atoms with Crippen molar-refractivity contribution in [1.82, 2.24) is 15.1 Å². The minimum Gasteiger partial charge on any atom is -0.445 e. The number of nitrogens with one attached hydrogen (secondary N) is 1. The highest BCUT2D eigenvalue weighted by molar-refractivity contribution is 5.67. The van der Waals surface area contributed by atoms with Gasteiger partial charge in [0.05, 0.1) is 12.3 Å². The molecule has 1 amide bonds. The van der Waals surface area contributed by atoms with Gasteiger partial charge >= 0.3 is 6.09 Å². The molecule has 1 aromatic carbocycles. The Morgan fingerprint density at radius 2 is 2.08 bits per heavy atom. The number of nitrogens with zero attached hydrogens (tertiary/aromatic N) is 2. The zero-order chi connectivity index (χ0) is 17.4. The van der Waals surface area contributed by atoms with E-state index in [0.29, 0.717) is 12.1 Å².